The van der Waals surface area contributed by atoms with Gasteiger partial charge in [-0.2, -0.15) is 0 Å². The molecule has 0 aromatic carbocycles. The van der Waals surface area contributed by atoms with Crippen LogP contribution in [0.3, 0.4) is 0 Å². The molecule has 32 heavy (non-hydrogen) atoms. The summed E-state index contributed by atoms with van der Waals surface area (Å²) < 4.78 is 2.12. The average Bonchev–Trinajstić information content (AvgIpc) is 3.15. The first kappa shape index (κ1) is 21.6. The zero-order valence-corrected chi connectivity index (χ0v) is 19.9. The number of allylic oxidation sites excluding steroid dienone is 1. The number of fused-ring (bicyclic) bond motifs is 1. The minimum absolute atomic E-state index is 0.0784. The molecule has 1 aliphatic heterocycles. The molecule has 0 bridgehead atoms. The molecule has 3 aliphatic rings. The van der Waals surface area contributed by atoms with Crippen LogP contribution < -0.4 is 5.06 Å². The molecule has 4 unspecified atom stereocenters. The highest BCUT2D eigenvalue weighted by molar-refractivity contribution is 5.86. The van der Waals surface area contributed by atoms with E-state index in [9.17, 15) is 4.79 Å². The van der Waals surface area contributed by atoms with Gasteiger partial charge in [0.25, 0.3) is 0 Å². The van der Waals surface area contributed by atoms with E-state index < -0.39 is 0 Å². The maximum absolute atomic E-state index is 13.4. The summed E-state index contributed by atoms with van der Waals surface area (Å²) in [7, 11) is 1.70. The SMILES string of the molecule is C=C1CCCC2C1(C)CCC(=O)C2(C)CCC1(C)CCn2cnc3ncnc(c32)N1OC. The molecule has 5 rings (SSSR count). The van der Waals surface area contributed by atoms with Crippen LogP contribution in [-0.4, -0.2) is 38.0 Å². The van der Waals surface area contributed by atoms with E-state index >= 15 is 0 Å². The number of rotatable bonds is 4. The van der Waals surface area contributed by atoms with Gasteiger partial charge in [-0.1, -0.05) is 26.0 Å². The van der Waals surface area contributed by atoms with Crippen LogP contribution in [0.2, 0.25) is 0 Å². The van der Waals surface area contributed by atoms with Crippen LogP contribution in [0.4, 0.5) is 5.82 Å². The summed E-state index contributed by atoms with van der Waals surface area (Å²) in [4.78, 5) is 32.7. The van der Waals surface area contributed by atoms with Crippen molar-refractivity contribution in [1.29, 1.82) is 0 Å². The van der Waals surface area contributed by atoms with Crippen molar-refractivity contribution >= 4 is 22.8 Å². The molecular weight excluding hydrogens is 402 g/mol. The number of hydrogen-bond acceptors (Lipinski definition) is 6. The number of hydrogen-bond donors (Lipinski definition) is 0. The molecule has 7 nitrogen and oxygen atoms in total. The number of aromatic nitrogens is 4. The van der Waals surface area contributed by atoms with E-state index in [0.29, 0.717) is 23.8 Å². The molecule has 2 saturated carbocycles. The Morgan fingerprint density at radius 3 is 2.75 bits per heavy atom. The lowest BCUT2D eigenvalue weighted by Crippen LogP contribution is -2.53. The Kier molecular flexibility index (Phi) is 4.97. The minimum Gasteiger partial charge on any atom is -0.326 e. The third kappa shape index (κ3) is 2.96. The molecule has 2 aliphatic carbocycles. The Labute approximate surface area is 190 Å². The maximum Gasteiger partial charge on any atom is 0.183 e. The van der Waals surface area contributed by atoms with Gasteiger partial charge in [-0.3, -0.25) is 9.63 Å². The topological polar surface area (TPSA) is 73.1 Å². The number of anilines is 1. The maximum atomic E-state index is 13.4. The van der Waals surface area contributed by atoms with Crippen molar-refractivity contribution < 1.29 is 9.63 Å². The Morgan fingerprint density at radius 1 is 1.16 bits per heavy atom. The second-order valence-electron chi connectivity index (χ2n) is 10.8. The van der Waals surface area contributed by atoms with Gasteiger partial charge in [0, 0.05) is 18.4 Å². The smallest absolute Gasteiger partial charge is 0.183 e. The summed E-state index contributed by atoms with van der Waals surface area (Å²) in [5.74, 6) is 1.55. The van der Waals surface area contributed by atoms with Gasteiger partial charge in [0.05, 0.1) is 19.0 Å². The zero-order valence-electron chi connectivity index (χ0n) is 19.9. The quantitative estimate of drug-likeness (QED) is 0.636. The first-order valence-corrected chi connectivity index (χ1v) is 11.9. The fourth-order valence-corrected chi connectivity index (χ4v) is 6.90. The molecule has 2 aromatic rings. The minimum atomic E-state index is -0.330. The van der Waals surface area contributed by atoms with Crippen LogP contribution >= 0.6 is 0 Å². The summed E-state index contributed by atoms with van der Waals surface area (Å²) in [6.07, 6.45) is 10.9. The predicted octanol–water partition coefficient (Wildman–Crippen LogP) is 4.87. The molecule has 0 saturated heterocycles. The second kappa shape index (κ2) is 7.37. The largest absolute Gasteiger partial charge is 0.326 e. The monoisotopic (exact) mass is 437 g/mol. The van der Waals surface area contributed by atoms with Gasteiger partial charge >= 0.3 is 0 Å². The zero-order chi connectivity index (χ0) is 22.7. The van der Waals surface area contributed by atoms with Crippen molar-refractivity contribution in [3.8, 4) is 0 Å². The van der Waals surface area contributed by atoms with Crippen LogP contribution in [0, 0.1) is 16.7 Å². The van der Waals surface area contributed by atoms with Gasteiger partial charge in [-0.15, -0.1) is 0 Å². The molecule has 172 valence electrons. The van der Waals surface area contributed by atoms with Crippen molar-refractivity contribution in [1.82, 2.24) is 19.5 Å². The van der Waals surface area contributed by atoms with Crippen LogP contribution in [-0.2, 0) is 16.2 Å². The van der Waals surface area contributed by atoms with E-state index in [1.54, 1.807) is 13.4 Å². The van der Waals surface area contributed by atoms with Gasteiger partial charge < -0.3 is 4.57 Å². The van der Waals surface area contributed by atoms with Crippen molar-refractivity contribution in [2.45, 2.75) is 84.2 Å². The van der Waals surface area contributed by atoms with E-state index in [-0.39, 0.29) is 16.4 Å². The molecular formula is C25H35N5O2. The predicted molar refractivity (Wildman–Crippen MR) is 124 cm³/mol. The van der Waals surface area contributed by atoms with E-state index in [4.69, 9.17) is 4.84 Å². The van der Waals surface area contributed by atoms with Gasteiger partial charge in [0.2, 0.25) is 0 Å². The number of imidazole rings is 1. The molecule has 2 fully saturated rings. The van der Waals surface area contributed by atoms with Crippen molar-refractivity contribution in [2.75, 3.05) is 12.2 Å². The van der Waals surface area contributed by atoms with Crippen LogP contribution in [0.25, 0.3) is 11.2 Å². The second-order valence-corrected chi connectivity index (χ2v) is 10.8. The summed E-state index contributed by atoms with van der Waals surface area (Å²) in [5, 5.41) is 1.94. The van der Waals surface area contributed by atoms with Gasteiger partial charge in [-0.05, 0) is 63.2 Å². The first-order chi connectivity index (χ1) is 15.2. The highest BCUT2D eigenvalue weighted by atomic mass is 16.7. The molecule has 4 atom stereocenters. The number of Topliss-reactive ketones (excluding diaryl/α,β-unsaturated/α-hetero) is 1. The van der Waals surface area contributed by atoms with Crippen LogP contribution in [0.1, 0.15) is 72.1 Å². The number of aryl methyl sites for hydroxylation is 1. The Balaban J connectivity index is 1.47. The third-order valence-corrected chi connectivity index (χ3v) is 9.16. The summed E-state index contributed by atoms with van der Waals surface area (Å²) in [6.45, 7) is 12.1. The van der Waals surface area contributed by atoms with E-state index in [1.165, 1.54) is 5.57 Å². The van der Waals surface area contributed by atoms with Crippen LogP contribution in [0.5, 0.6) is 0 Å². The molecule has 0 N–H and O–H groups in total. The van der Waals surface area contributed by atoms with Crippen LogP contribution in [0.15, 0.2) is 24.8 Å². The molecule has 0 radical (unpaired) electrons. The first-order valence-electron chi connectivity index (χ1n) is 11.9. The molecule has 0 amide bonds. The molecule has 7 heteroatoms. The highest BCUT2D eigenvalue weighted by Gasteiger charge is 2.55. The number of nitrogens with zero attached hydrogens (tertiary/aromatic N) is 5. The van der Waals surface area contributed by atoms with E-state index in [2.05, 4.69) is 46.9 Å². The number of carbonyl (C=O) groups excluding carboxylic acids is 1. The van der Waals surface area contributed by atoms with Crippen molar-refractivity contribution in [3.05, 3.63) is 24.8 Å². The average molecular weight is 438 g/mol. The summed E-state index contributed by atoms with van der Waals surface area (Å²) in [6, 6.07) is 0. The highest BCUT2D eigenvalue weighted by Crippen LogP contribution is 2.60. The lowest BCUT2D eigenvalue weighted by molar-refractivity contribution is -0.142. The summed E-state index contributed by atoms with van der Waals surface area (Å²) in [5.41, 5.74) is 2.40. The molecule has 0 spiro atoms. The Morgan fingerprint density at radius 2 is 1.97 bits per heavy atom. The fraction of sp³-hybridized carbons (Fsp3) is 0.680. The van der Waals surface area contributed by atoms with E-state index in [0.717, 1.165) is 62.8 Å². The van der Waals surface area contributed by atoms with Crippen molar-refractivity contribution in [2.24, 2.45) is 16.7 Å². The third-order valence-electron chi connectivity index (χ3n) is 9.16. The Bertz CT molecular complexity index is 1080. The van der Waals surface area contributed by atoms with Gasteiger partial charge in [0.1, 0.15) is 17.6 Å². The molecule has 3 heterocycles. The number of carbonyl (C=O) groups is 1. The number of ketones is 1. The van der Waals surface area contributed by atoms with Gasteiger partial charge in [0.15, 0.2) is 11.5 Å². The lowest BCUT2D eigenvalue weighted by Gasteiger charge is -2.55. The fourth-order valence-electron chi connectivity index (χ4n) is 6.90. The van der Waals surface area contributed by atoms with Crippen molar-refractivity contribution in [3.63, 3.8) is 0 Å². The molecule has 2 aromatic heterocycles. The summed E-state index contributed by atoms with van der Waals surface area (Å²) >= 11 is 0. The van der Waals surface area contributed by atoms with Gasteiger partial charge in [-0.25, -0.2) is 20.0 Å². The standard InChI is InChI=1S/C25H35N5O2/c1-17-7-6-8-18-24(17,3)10-9-19(31)25(18,4)12-11-23(2)13-14-29-16-28-21-20(29)22(27-15-26-21)30(23)32-5/h15-16,18H,1,6-14H2,2-5H3. The van der Waals surface area contributed by atoms with E-state index in [1.807, 2.05) is 11.4 Å². The number of hydroxylamine groups is 1. The Hall–Kier alpha value is -2.28. The lowest BCUT2D eigenvalue weighted by atomic mass is 9.48. The normalized spacial score (nSPS) is 35.1.